The van der Waals surface area contributed by atoms with Crippen molar-refractivity contribution in [2.24, 2.45) is 0 Å². The van der Waals surface area contributed by atoms with Gasteiger partial charge in [0.05, 0.1) is 23.5 Å². The highest BCUT2D eigenvalue weighted by atomic mass is 16.5. The Kier molecular flexibility index (Phi) is 6.46. The summed E-state index contributed by atoms with van der Waals surface area (Å²) in [4.78, 5) is 23.2. The number of nitrogens with zero attached hydrogens (tertiary/aromatic N) is 3. The van der Waals surface area contributed by atoms with Crippen LogP contribution in [-0.2, 0) is 11.3 Å². The monoisotopic (exact) mass is 454 g/mol. The third kappa shape index (κ3) is 4.49. The van der Waals surface area contributed by atoms with Crippen molar-refractivity contribution in [1.29, 1.82) is 5.26 Å². The molecule has 174 valence electrons. The van der Waals surface area contributed by atoms with Crippen LogP contribution >= 0.6 is 0 Å². The molecule has 1 aliphatic heterocycles. The van der Waals surface area contributed by atoms with E-state index in [1.165, 1.54) is 30.4 Å². The molecule has 1 aromatic heterocycles. The zero-order chi connectivity index (χ0) is 23.5. The standard InChI is InChI=1S/C28H30N4O2/c1-34-18-27-30-17-26(31-27)25-15-23(9-10-24(25)22-3-2-4-22)28(33)32-13-11-21(12-14-32)20-7-5-19(16-29)6-8-20/h5-10,15,17,21-22H,2-4,11-14,18H2,1H3,(H,30,31). The number of hydrogen-bond acceptors (Lipinski definition) is 4. The summed E-state index contributed by atoms with van der Waals surface area (Å²) in [5.41, 5.74) is 6.00. The van der Waals surface area contributed by atoms with Gasteiger partial charge in [0.2, 0.25) is 0 Å². The van der Waals surface area contributed by atoms with E-state index in [1.807, 2.05) is 47.5 Å². The number of amides is 1. The van der Waals surface area contributed by atoms with Gasteiger partial charge < -0.3 is 14.6 Å². The molecule has 6 heteroatoms. The number of rotatable bonds is 6. The molecule has 5 rings (SSSR count). The number of benzene rings is 2. The van der Waals surface area contributed by atoms with Crippen LogP contribution in [0.1, 0.15) is 76.8 Å². The predicted molar refractivity (Wildman–Crippen MR) is 130 cm³/mol. The minimum Gasteiger partial charge on any atom is -0.377 e. The molecule has 0 atom stereocenters. The molecular weight excluding hydrogens is 424 g/mol. The average molecular weight is 455 g/mol. The highest BCUT2D eigenvalue weighted by Crippen LogP contribution is 2.41. The molecule has 3 aromatic rings. The topological polar surface area (TPSA) is 82.0 Å². The molecule has 2 heterocycles. The second kappa shape index (κ2) is 9.82. The summed E-state index contributed by atoms with van der Waals surface area (Å²) in [7, 11) is 1.66. The Hall–Kier alpha value is -3.43. The summed E-state index contributed by atoms with van der Waals surface area (Å²) in [5, 5.41) is 9.02. The van der Waals surface area contributed by atoms with Crippen molar-refractivity contribution in [3.8, 4) is 17.3 Å². The molecule has 0 spiro atoms. The zero-order valence-corrected chi connectivity index (χ0v) is 19.6. The Morgan fingerprint density at radius 1 is 1.12 bits per heavy atom. The number of methoxy groups -OCH3 is 1. The van der Waals surface area contributed by atoms with Crippen LogP contribution in [0.25, 0.3) is 11.3 Å². The second-order valence-electron chi connectivity index (χ2n) is 9.41. The van der Waals surface area contributed by atoms with Gasteiger partial charge in [-0.3, -0.25) is 4.79 Å². The molecule has 1 saturated heterocycles. The number of nitriles is 1. The van der Waals surface area contributed by atoms with Crippen molar-refractivity contribution >= 4 is 5.91 Å². The molecule has 6 nitrogen and oxygen atoms in total. The fourth-order valence-electron chi connectivity index (χ4n) is 5.14. The van der Waals surface area contributed by atoms with Gasteiger partial charge >= 0.3 is 0 Å². The van der Waals surface area contributed by atoms with E-state index in [0.29, 0.717) is 24.0 Å². The van der Waals surface area contributed by atoms with Crippen LogP contribution in [0.2, 0.25) is 0 Å². The van der Waals surface area contributed by atoms with Gasteiger partial charge in [0.25, 0.3) is 5.91 Å². The smallest absolute Gasteiger partial charge is 0.253 e. The van der Waals surface area contributed by atoms with Gasteiger partial charge in [-0.1, -0.05) is 24.6 Å². The van der Waals surface area contributed by atoms with E-state index in [9.17, 15) is 4.79 Å². The van der Waals surface area contributed by atoms with Crippen LogP contribution in [0.5, 0.6) is 0 Å². The maximum atomic E-state index is 13.4. The SMILES string of the molecule is COCc1ncc(-c2cc(C(=O)N3CCC(c4ccc(C#N)cc4)CC3)ccc2C2CCC2)[nH]1. The minimum atomic E-state index is 0.0938. The lowest BCUT2D eigenvalue weighted by atomic mass is 9.77. The third-order valence-electron chi connectivity index (χ3n) is 7.34. The Labute approximate surface area is 200 Å². The average Bonchev–Trinajstić information content (AvgIpc) is 3.32. The van der Waals surface area contributed by atoms with Crippen molar-refractivity contribution in [3.05, 3.63) is 76.7 Å². The first kappa shape index (κ1) is 22.4. The van der Waals surface area contributed by atoms with Crippen LogP contribution in [0, 0.1) is 11.3 Å². The van der Waals surface area contributed by atoms with Crippen LogP contribution in [0.3, 0.4) is 0 Å². The lowest BCUT2D eigenvalue weighted by Crippen LogP contribution is -2.38. The summed E-state index contributed by atoms with van der Waals surface area (Å²) in [6.07, 6.45) is 7.38. The number of aromatic nitrogens is 2. The Bertz CT molecular complexity index is 1200. The number of imidazole rings is 1. The van der Waals surface area contributed by atoms with Crippen LogP contribution in [-0.4, -0.2) is 41.0 Å². The van der Waals surface area contributed by atoms with Crippen molar-refractivity contribution in [2.75, 3.05) is 20.2 Å². The quantitative estimate of drug-likeness (QED) is 0.542. The number of likely N-dealkylation sites (tertiary alicyclic amines) is 1. The van der Waals surface area contributed by atoms with Gasteiger partial charge in [0, 0.05) is 31.3 Å². The van der Waals surface area contributed by atoms with Crippen molar-refractivity contribution in [3.63, 3.8) is 0 Å². The third-order valence-corrected chi connectivity index (χ3v) is 7.34. The molecule has 34 heavy (non-hydrogen) atoms. The Morgan fingerprint density at radius 3 is 2.53 bits per heavy atom. The highest BCUT2D eigenvalue weighted by Gasteiger charge is 2.27. The van der Waals surface area contributed by atoms with Gasteiger partial charge in [-0.15, -0.1) is 0 Å². The summed E-state index contributed by atoms with van der Waals surface area (Å²) in [6.45, 7) is 1.92. The number of piperidine rings is 1. The molecule has 1 amide bonds. The van der Waals surface area contributed by atoms with Gasteiger partial charge in [-0.05, 0) is 72.9 Å². The Balaban J connectivity index is 1.33. The largest absolute Gasteiger partial charge is 0.377 e. The maximum Gasteiger partial charge on any atom is 0.253 e. The van der Waals surface area contributed by atoms with Gasteiger partial charge in [0.1, 0.15) is 12.4 Å². The van der Waals surface area contributed by atoms with Crippen molar-refractivity contribution in [1.82, 2.24) is 14.9 Å². The van der Waals surface area contributed by atoms with Crippen LogP contribution in [0.4, 0.5) is 0 Å². The zero-order valence-electron chi connectivity index (χ0n) is 19.6. The second-order valence-corrected chi connectivity index (χ2v) is 9.41. The van der Waals surface area contributed by atoms with Gasteiger partial charge in [-0.2, -0.15) is 5.26 Å². The molecule has 0 unspecified atom stereocenters. The van der Waals surface area contributed by atoms with Crippen molar-refractivity contribution < 1.29 is 9.53 Å². The molecule has 1 N–H and O–H groups in total. The Morgan fingerprint density at radius 2 is 1.88 bits per heavy atom. The molecule has 2 fully saturated rings. The van der Waals surface area contributed by atoms with E-state index in [4.69, 9.17) is 10.00 Å². The number of hydrogen-bond donors (Lipinski definition) is 1. The van der Waals surface area contributed by atoms with Gasteiger partial charge in [0.15, 0.2) is 0 Å². The van der Waals surface area contributed by atoms with E-state index in [1.54, 1.807) is 7.11 Å². The highest BCUT2D eigenvalue weighted by molar-refractivity contribution is 5.95. The fraction of sp³-hybridized carbons (Fsp3) is 0.393. The van der Waals surface area contributed by atoms with E-state index in [-0.39, 0.29) is 5.91 Å². The van der Waals surface area contributed by atoms with Crippen molar-refractivity contribution in [2.45, 2.75) is 50.5 Å². The van der Waals surface area contributed by atoms with E-state index in [0.717, 1.165) is 48.6 Å². The van der Waals surface area contributed by atoms with E-state index >= 15 is 0 Å². The molecule has 1 saturated carbocycles. The molecule has 0 radical (unpaired) electrons. The van der Waals surface area contributed by atoms with Crippen LogP contribution in [0.15, 0.2) is 48.7 Å². The minimum absolute atomic E-state index is 0.0938. The van der Waals surface area contributed by atoms with E-state index in [2.05, 4.69) is 22.1 Å². The maximum absolute atomic E-state index is 13.4. The van der Waals surface area contributed by atoms with Crippen LogP contribution < -0.4 is 0 Å². The predicted octanol–water partition coefficient (Wildman–Crippen LogP) is 5.38. The van der Waals surface area contributed by atoms with E-state index < -0.39 is 0 Å². The summed E-state index contributed by atoms with van der Waals surface area (Å²) in [6, 6.07) is 16.2. The molecule has 2 aromatic carbocycles. The molecule has 1 aliphatic carbocycles. The summed E-state index contributed by atoms with van der Waals surface area (Å²) < 4.78 is 5.21. The summed E-state index contributed by atoms with van der Waals surface area (Å²) in [5.74, 6) is 1.86. The summed E-state index contributed by atoms with van der Waals surface area (Å²) >= 11 is 0. The lowest BCUT2D eigenvalue weighted by Gasteiger charge is -2.33. The normalized spacial score (nSPS) is 16.8. The first-order valence-corrected chi connectivity index (χ1v) is 12.1. The first-order valence-electron chi connectivity index (χ1n) is 12.1. The molecular formula is C28H30N4O2. The number of aromatic amines is 1. The number of carbonyl (C=O) groups excluding carboxylic acids is 1. The lowest BCUT2D eigenvalue weighted by molar-refractivity contribution is 0.0713. The number of ether oxygens (including phenoxy) is 1. The molecule has 0 bridgehead atoms. The number of H-pyrrole nitrogens is 1. The van der Waals surface area contributed by atoms with Gasteiger partial charge in [-0.25, -0.2) is 4.98 Å². The number of carbonyl (C=O) groups is 1. The number of nitrogens with one attached hydrogen (secondary N) is 1. The fourth-order valence-corrected chi connectivity index (χ4v) is 5.14. The first-order chi connectivity index (χ1) is 16.7. The molecule has 2 aliphatic rings.